The van der Waals surface area contributed by atoms with Crippen molar-refractivity contribution in [1.29, 1.82) is 0 Å². The minimum atomic E-state index is -3.56. The van der Waals surface area contributed by atoms with E-state index < -0.39 is 10.0 Å². The molecule has 0 saturated heterocycles. The zero-order valence-corrected chi connectivity index (χ0v) is 12.7. The number of sulfonamides is 1. The number of nitrogens with one attached hydrogen (secondary N) is 1. The molecule has 0 aromatic heterocycles. The number of hydrogen-bond donors (Lipinski definition) is 3. The summed E-state index contributed by atoms with van der Waals surface area (Å²) in [4.78, 5) is 0.251. The van der Waals surface area contributed by atoms with Gasteiger partial charge in [0.05, 0.1) is 11.0 Å². The lowest BCUT2D eigenvalue weighted by Gasteiger charge is -2.26. The molecule has 0 amide bonds. The maximum atomic E-state index is 12.5. The fourth-order valence-electron chi connectivity index (χ4n) is 2.61. The summed E-state index contributed by atoms with van der Waals surface area (Å²) in [7, 11) is -3.56. The normalized spacial score (nSPS) is 23.8. The van der Waals surface area contributed by atoms with Crippen LogP contribution in [0.2, 0.25) is 0 Å². The third-order valence-electron chi connectivity index (χ3n) is 3.85. The maximum Gasteiger partial charge on any atom is 0.241 e. The maximum absolute atomic E-state index is 12.5. The molecule has 0 aliphatic heterocycles. The lowest BCUT2D eigenvalue weighted by molar-refractivity contribution is 0.120. The summed E-state index contributed by atoms with van der Waals surface area (Å²) in [5, 5.41) is 9.47. The molecule has 0 unspecified atom stereocenters. The predicted molar refractivity (Wildman–Crippen MR) is 78.9 cm³/mol. The summed E-state index contributed by atoms with van der Waals surface area (Å²) in [6.07, 6.45) is 2.32. The molecule has 6 heteroatoms. The van der Waals surface area contributed by atoms with Crippen LogP contribution in [-0.2, 0) is 10.0 Å². The molecule has 1 saturated carbocycles. The fraction of sp³-hybridized carbons (Fsp3) is 0.571. The fourth-order valence-corrected chi connectivity index (χ4v) is 4.27. The number of nitrogen functional groups attached to an aromatic ring is 1. The monoisotopic (exact) mass is 298 g/mol. The van der Waals surface area contributed by atoms with Crippen LogP contribution in [0.1, 0.15) is 36.8 Å². The van der Waals surface area contributed by atoms with Crippen molar-refractivity contribution >= 4 is 15.7 Å². The highest BCUT2D eigenvalue weighted by atomic mass is 32.2. The minimum absolute atomic E-state index is 0.107. The Labute approximate surface area is 120 Å². The molecule has 1 aromatic rings. The summed E-state index contributed by atoms with van der Waals surface area (Å²) in [6, 6.07) is 3.31. The number of aryl methyl sites for hydroxylation is 1. The minimum Gasteiger partial charge on any atom is -0.398 e. The van der Waals surface area contributed by atoms with Crippen LogP contribution in [0.4, 0.5) is 5.69 Å². The van der Waals surface area contributed by atoms with E-state index in [2.05, 4.69) is 4.72 Å². The zero-order chi connectivity index (χ0) is 14.9. The lowest BCUT2D eigenvalue weighted by atomic mass is 9.94. The first-order valence-corrected chi connectivity index (χ1v) is 8.35. The van der Waals surface area contributed by atoms with Crippen molar-refractivity contribution < 1.29 is 13.5 Å². The number of hydrogen-bond acceptors (Lipinski definition) is 4. The standard InChI is InChI=1S/C14H22N2O3S/c1-9-7-13(15)10(2)14(8-9)20(18,19)16-11-3-5-12(17)6-4-11/h7-8,11-12,16-17H,3-6,15H2,1-2H3. The molecule has 112 valence electrons. The molecule has 1 fully saturated rings. The molecule has 20 heavy (non-hydrogen) atoms. The Morgan fingerprint density at radius 1 is 1.20 bits per heavy atom. The van der Waals surface area contributed by atoms with E-state index in [1.165, 1.54) is 0 Å². The van der Waals surface area contributed by atoms with E-state index in [0.29, 0.717) is 36.9 Å². The molecule has 0 radical (unpaired) electrons. The first kappa shape index (κ1) is 15.3. The van der Waals surface area contributed by atoms with Crippen LogP contribution in [0, 0.1) is 13.8 Å². The number of nitrogens with two attached hydrogens (primary N) is 1. The molecule has 5 nitrogen and oxygen atoms in total. The Kier molecular flexibility index (Phi) is 4.36. The van der Waals surface area contributed by atoms with Gasteiger partial charge in [-0.1, -0.05) is 0 Å². The van der Waals surface area contributed by atoms with E-state index in [1.807, 2.05) is 6.92 Å². The summed E-state index contributed by atoms with van der Waals surface area (Å²) >= 11 is 0. The van der Waals surface area contributed by atoms with Gasteiger partial charge in [0, 0.05) is 11.7 Å². The Hall–Kier alpha value is -1.11. The Morgan fingerprint density at radius 2 is 1.80 bits per heavy atom. The molecular weight excluding hydrogens is 276 g/mol. The lowest BCUT2D eigenvalue weighted by Crippen LogP contribution is -2.38. The molecular formula is C14H22N2O3S. The SMILES string of the molecule is Cc1cc(N)c(C)c(S(=O)(=O)NC2CCC(O)CC2)c1. The summed E-state index contributed by atoms with van der Waals surface area (Å²) in [5.74, 6) is 0. The second-order valence-corrected chi connectivity index (χ2v) is 7.29. The van der Waals surface area contributed by atoms with Gasteiger partial charge in [-0.15, -0.1) is 0 Å². The van der Waals surface area contributed by atoms with Crippen molar-refractivity contribution in [3.63, 3.8) is 0 Å². The highest BCUT2D eigenvalue weighted by Gasteiger charge is 2.26. The second-order valence-electron chi connectivity index (χ2n) is 5.60. The van der Waals surface area contributed by atoms with E-state index in [4.69, 9.17) is 5.73 Å². The van der Waals surface area contributed by atoms with E-state index in [9.17, 15) is 13.5 Å². The third-order valence-corrected chi connectivity index (χ3v) is 5.50. The summed E-state index contributed by atoms with van der Waals surface area (Å²) < 4.78 is 27.7. The van der Waals surface area contributed by atoms with Crippen molar-refractivity contribution in [2.45, 2.75) is 56.6 Å². The van der Waals surface area contributed by atoms with Crippen molar-refractivity contribution in [3.05, 3.63) is 23.3 Å². The van der Waals surface area contributed by atoms with E-state index in [-0.39, 0.29) is 17.0 Å². The van der Waals surface area contributed by atoms with E-state index in [1.54, 1.807) is 19.1 Å². The number of aliphatic hydroxyl groups excluding tert-OH is 1. The first-order valence-electron chi connectivity index (χ1n) is 6.86. The molecule has 1 aliphatic rings. The number of rotatable bonds is 3. The average Bonchev–Trinajstić information content (AvgIpc) is 2.36. The van der Waals surface area contributed by atoms with Crippen LogP contribution in [0.25, 0.3) is 0 Å². The molecule has 1 aromatic carbocycles. The molecule has 1 aliphatic carbocycles. The molecule has 0 heterocycles. The van der Waals surface area contributed by atoms with Crippen LogP contribution < -0.4 is 10.5 Å². The Balaban J connectivity index is 2.23. The first-order chi connectivity index (χ1) is 9.29. The van der Waals surface area contributed by atoms with Crippen molar-refractivity contribution in [2.75, 3.05) is 5.73 Å². The molecule has 2 rings (SSSR count). The topological polar surface area (TPSA) is 92.4 Å². The van der Waals surface area contributed by atoms with E-state index >= 15 is 0 Å². The van der Waals surface area contributed by atoms with Crippen LogP contribution >= 0.6 is 0 Å². The predicted octanol–water partition coefficient (Wildman–Crippen LogP) is 1.47. The third kappa shape index (κ3) is 3.31. The van der Waals surface area contributed by atoms with Gasteiger partial charge in [0.1, 0.15) is 0 Å². The zero-order valence-electron chi connectivity index (χ0n) is 11.9. The van der Waals surface area contributed by atoms with Gasteiger partial charge >= 0.3 is 0 Å². The van der Waals surface area contributed by atoms with Gasteiger partial charge in [0.15, 0.2) is 0 Å². The van der Waals surface area contributed by atoms with Crippen molar-refractivity contribution in [1.82, 2.24) is 4.72 Å². The highest BCUT2D eigenvalue weighted by Crippen LogP contribution is 2.25. The number of benzene rings is 1. The van der Waals surface area contributed by atoms with Gasteiger partial charge in [-0.2, -0.15) is 0 Å². The van der Waals surface area contributed by atoms with Gasteiger partial charge in [-0.05, 0) is 62.8 Å². The number of aliphatic hydroxyl groups is 1. The van der Waals surface area contributed by atoms with Gasteiger partial charge in [-0.3, -0.25) is 0 Å². The smallest absolute Gasteiger partial charge is 0.241 e. The Morgan fingerprint density at radius 3 is 2.40 bits per heavy atom. The average molecular weight is 298 g/mol. The van der Waals surface area contributed by atoms with E-state index in [0.717, 1.165) is 5.56 Å². The summed E-state index contributed by atoms with van der Waals surface area (Å²) in [6.45, 7) is 3.54. The van der Waals surface area contributed by atoms with Crippen LogP contribution in [-0.4, -0.2) is 25.7 Å². The summed E-state index contributed by atoms with van der Waals surface area (Å²) in [5.41, 5.74) is 7.74. The quantitative estimate of drug-likeness (QED) is 0.737. The van der Waals surface area contributed by atoms with Gasteiger partial charge in [0.2, 0.25) is 10.0 Å². The van der Waals surface area contributed by atoms with Crippen LogP contribution in [0.5, 0.6) is 0 Å². The molecule has 0 spiro atoms. The van der Waals surface area contributed by atoms with Gasteiger partial charge in [-0.25, -0.2) is 13.1 Å². The molecule has 0 atom stereocenters. The van der Waals surface area contributed by atoms with Crippen molar-refractivity contribution in [2.24, 2.45) is 0 Å². The second kappa shape index (κ2) is 5.71. The van der Waals surface area contributed by atoms with Crippen molar-refractivity contribution in [3.8, 4) is 0 Å². The van der Waals surface area contributed by atoms with Crippen LogP contribution in [0.3, 0.4) is 0 Å². The number of anilines is 1. The molecule has 0 bridgehead atoms. The van der Waals surface area contributed by atoms with Crippen LogP contribution in [0.15, 0.2) is 17.0 Å². The molecule has 4 N–H and O–H groups in total. The largest absolute Gasteiger partial charge is 0.398 e. The highest BCUT2D eigenvalue weighted by molar-refractivity contribution is 7.89. The van der Waals surface area contributed by atoms with Gasteiger partial charge in [0.25, 0.3) is 0 Å². The van der Waals surface area contributed by atoms with Gasteiger partial charge < -0.3 is 10.8 Å². The Bertz CT molecular complexity index is 591.